The second-order valence-corrected chi connectivity index (χ2v) is 22.1. The molecule has 0 aliphatic heterocycles. The zero-order valence-electron chi connectivity index (χ0n) is 36.3. The molecule has 11 aromatic carbocycles. The van der Waals surface area contributed by atoms with Gasteiger partial charge in [0.15, 0.2) is 0 Å². The van der Waals surface area contributed by atoms with Gasteiger partial charge in [-0.1, -0.05) is 0 Å². The average molecular weight is 999 g/mol. The van der Waals surface area contributed by atoms with Crippen molar-refractivity contribution in [2.45, 2.75) is 0 Å². The number of furan rings is 2. The fourth-order valence-electron chi connectivity index (χ4n) is 10.6. The number of para-hydroxylation sites is 2. The summed E-state index contributed by atoms with van der Waals surface area (Å²) >= 11 is 0.409. The van der Waals surface area contributed by atoms with E-state index >= 15 is 0 Å². The maximum absolute atomic E-state index is 6.76. The summed E-state index contributed by atoms with van der Waals surface area (Å²) in [4.78, 5) is 4.85. The van der Waals surface area contributed by atoms with Crippen LogP contribution in [0, 0.1) is 0 Å². The molecule has 4 aromatic heterocycles. The minimum absolute atomic E-state index is 0.205. The number of rotatable bonds is 6. The first-order valence-electron chi connectivity index (χ1n) is 22.9. The Hall–Kier alpha value is -7.82. The van der Waals surface area contributed by atoms with Crippen molar-refractivity contribution in [2.75, 3.05) is 9.80 Å². The zero-order valence-corrected chi connectivity index (χ0v) is 39.7. The van der Waals surface area contributed by atoms with Gasteiger partial charge in [-0.3, -0.25) is 0 Å². The zero-order chi connectivity index (χ0) is 44.5. The second kappa shape index (κ2) is 14.8. The SMILES string of the molecule is c1ccc(N(c2ccc3cc4c(cc3c2)oc2cc3c(cc24)oc2cc4cc(N(c5ccccc5)c5cccc6c5[se]c5ccccc56)ccc4cc23)c2cccc3c2[se]c2ccccc23)cc1. The molecule has 318 valence electrons. The summed E-state index contributed by atoms with van der Waals surface area (Å²) in [6.45, 7) is 0. The normalized spacial score (nSPS) is 12.1. The van der Waals surface area contributed by atoms with Gasteiger partial charge in [-0.25, -0.2) is 0 Å². The molecule has 0 saturated carbocycles. The van der Waals surface area contributed by atoms with E-state index in [1.807, 2.05) is 0 Å². The summed E-state index contributed by atoms with van der Waals surface area (Å²) < 4.78 is 19.2. The Morgan fingerprint density at radius 2 is 0.662 bits per heavy atom. The first-order valence-corrected chi connectivity index (χ1v) is 26.3. The molecule has 0 radical (unpaired) electrons. The van der Waals surface area contributed by atoms with Crippen molar-refractivity contribution in [2.24, 2.45) is 0 Å². The molecule has 0 spiro atoms. The van der Waals surface area contributed by atoms with Crippen LogP contribution in [0.4, 0.5) is 34.1 Å². The van der Waals surface area contributed by atoms with E-state index in [2.05, 4.69) is 228 Å². The maximum atomic E-state index is 6.76. The number of hydrogen-bond donors (Lipinski definition) is 0. The molecule has 15 aromatic rings. The third-order valence-corrected chi connectivity index (χ3v) is 18.8. The monoisotopic (exact) mass is 1000 g/mol. The molecule has 0 aliphatic carbocycles. The number of hydrogen-bond acceptors (Lipinski definition) is 4. The van der Waals surface area contributed by atoms with Gasteiger partial charge in [-0.05, 0) is 0 Å². The number of fused-ring (bicyclic) bond motifs is 14. The van der Waals surface area contributed by atoms with E-state index in [0.29, 0.717) is 0 Å². The van der Waals surface area contributed by atoms with Gasteiger partial charge in [-0.15, -0.1) is 0 Å². The molecule has 0 unspecified atom stereocenters. The molecule has 0 atom stereocenters. The number of nitrogens with zero attached hydrogens (tertiary/aromatic N) is 2. The van der Waals surface area contributed by atoms with Crippen LogP contribution in [0.1, 0.15) is 0 Å². The fourth-order valence-corrected chi connectivity index (χ4v) is 15.7. The molecular formula is C62H36N2O2Se2. The molecule has 0 amide bonds. The summed E-state index contributed by atoms with van der Waals surface area (Å²) in [5, 5.41) is 14.2. The van der Waals surface area contributed by atoms with Crippen LogP contribution in [0.15, 0.2) is 227 Å². The molecule has 0 saturated heterocycles. The van der Waals surface area contributed by atoms with E-state index < -0.39 is 0 Å². The Kier molecular flexibility index (Phi) is 8.36. The topological polar surface area (TPSA) is 32.8 Å². The van der Waals surface area contributed by atoms with Crippen LogP contribution < -0.4 is 9.80 Å². The van der Waals surface area contributed by atoms with Crippen LogP contribution in [-0.2, 0) is 0 Å². The van der Waals surface area contributed by atoms with Gasteiger partial charge in [0.2, 0.25) is 0 Å². The van der Waals surface area contributed by atoms with Crippen LogP contribution in [0.5, 0.6) is 0 Å². The molecule has 0 aliphatic rings. The van der Waals surface area contributed by atoms with Gasteiger partial charge in [0, 0.05) is 0 Å². The summed E-state index contributed by atoms with van der Waals surface area (Å²) in [6.07, 6.45) is 0. The molecular weight excluding hydrogens is 963 g/mol. The van der Waals surface area contributed by atoms with Crippen LogP contribution in [-0.4, -0.2) is 29.0 Å². The average Bonchev–Trinajstić information content (AvgIpc) is 4.15. The van der Waals surface area contributed by atoms with Crippen molar-refractivity contribution in [1.29, 1.82) is 0 Å². The van der Waals surface area contributed by atoms with Crippen molar-refractivity contribution in [3.05, 3.63) is 218 Å². The predicted molar refractivity (Wildman–Crippen MR) is 289 cm³/mol. The van der Waals surface area contributed by atoms with Gasteiger partial charge in [-0.2, -0.15) is 0 Å². The van der Waals surface area contributed by atoms with Crippen LogP contribution in [0.2, 0.25) is 0 Å². The Morgan fingerprint density at radius 1 is 0.265 bits per heavy atom. The van der Waals surface area contributed by atoms with E-state index in [1.54, 1.807) is 0 Å². The first-order chi connectivity index (χ1) is 33.7. The van der Waals surface area contributed by atoms with Crippen LogP contribution in [0.25, 0.3) is 104 Å². The van der Waals surface area contributed by atoms with E-state index in [4.69, 9.17) is 8.83 Å². The van der Waals surface area contributed by atoms with E-state index in [-0.39, 0.29) is 29.0 Å². The summed E-state index contributed by atoms with van der Waals surface area (Å²) in [5.41, 5.74) is 10.4. The van der Waals surface area contributed by atoms with Gasteiger partial charge in [0.05, 0.1) is 0 Å². The Balaban J connectivity index is 0.836. The van der Waals surface area contributed by atoms with E-state index in [9.17, 15) is 0 Å². The molecule has 0 N–H and O–H groups in total. The van der Waals surface area contributed by atoms with Crippen molar-refractivity contribution < 1.29 is 8.83 Å². The molecule has 0 fully saturated rings. The Bertz CT molecular complexity index is 4230. The first kappa shape index (κ1) is 38.3. The van der Waals surface area contributed by atoms with Gasteiger partial charge < -0.3 is 0 Å². The fraction of sp³-hybridized carbons (Fsp3) is 0. The third kappa shape index (κ3) is 5.86. The number of anilines is 6. The standard InChI is InChI=1S/C62H36N2O2Se2/c1-3-13-41(14-4-1)63(53-21-11-19-47-45-17-7-9-23-59(45)67-61(47)53)43-27-25-37-31-49-51-35-58-52(36-57(51)65-55(49)33-39(37)29-43)50-32-38-26-28-44(30-40(38)34-56(50)66-58)64(42-15-5-2-6-16-42)54-22-12-20-48-46-18-8-10-24-60(46)68-62(48)54/h1-36H. The van der Waals surface area contributed by atoms with Crippen molar-refractivity contribution in [1.82, 2.24) is 0 Å². The Labute approximate surface area is 401 Å². The molecule has 15 rings (SSSR count). The van der Waals surface area contributed by atoms with Gasteiger partial charge in [0.1, 0.15) is 0 Å². The molecule has 4 heterocycles. The van der Waals surface area contributed by atoms with Crippen molar-refractivity contribution in [3.8, 4) is 0 Å². The second-order valence-electron chi connectivity index (χ2n) is 17.7. The van der Waals surface area contributed by atoms with Crippen molar-refractivity contribution >= 4 is 167 Å². The predicted octanol–water partition coefficient (Wildman–Crippen LogP) is 17.5. The third-order valence-electron chi connectivity index (χ3n) is 13.7. The van der Waals surface area contributed by atoms with Gasteiger partial charge >= 0.3 is 404 Å². The van der Waals surface area contributed by atoms with E-state index in [1.165, 1.54) is 50.0 Å². The van der Waals surface area contributed by atoms with Crippen molar-refractivity contribution in [3.63, 3.8) is 0 Å². The summed E-state index contributed by atoms with van der Waals surface area (Å²) in [5.74, 6) is 0. The summed E-state index contributed by atoms with van der Waals surface area (Å²) in [6, 6.07) is 79.7. The van der Waals surface area contributed by atoms with E-state index in [0.717, 1.165) is 88.2 Å². The molecule has 0 bridgehead atoms. The van der Waals surface area contributed by atoms with Crippen LogP contribution in [0.3, 0.4) is 0 Å². The quantitative estimate of drug-likeness (QED) is 0.155. The molecule has 68 heavy (non-hydrogen) atoms. The summed E-state index contributed by atoms with van der Waals surface area (Å²) in [7, 11) is 0. The molecule has 4 nitrogen and oxygen atoms in total. The van der Waals surface area contributed by atoms with Gasteiger partial charge in [0.25, 0.3) is 0 Å². The number of benzene rings is 11. The minimum atomic E-state index is 0.205. The Morgan fingerprint density at radius 3 is 1.13 bits per heavy atom. The van der Waals surface area contributed by atoms with Crippen LogP contribution >= 0.6 is 0 Å². The molecule has 6 heteroatoms.